The lowest BCUT2D eigenvalue weighted by Gasteiger charge is -2.36. The molecule has 1 aromatic heterocycles. The molecule has 328 valence electrons. The van der Waals surface area contributed by atoms with Crippen LogP contribution in [-0.2, 0) is 44.0 Å². The molecule has 0 amide bonds. The Labute approximate surface area is 360 Å². The molecular formula is C44H66FN5O6SSi3. The Bertz CT molecular complexity index is 2270. The minimum atomic E-state index is -4.21. The summed E-state index contributed by atoms with van der Waals surface area (Å²) in [6, 6.07) is 19.9. The molecule has 0 bridgehead atoms. The van der Waals surface area contributed by atoms with Crippen molar-refractivity contribution in [1.29, 1.82) is 0 Å². The van der Waals surface area contributed by atoms with E-state index in [-0.39, 0.29) is 42.8 Å². The summed E-state index contributed by atoms with van der Waals surface area (Å²) in [5, 5.41) is 21.2. The van der Waals surface area contributed by atoms with Crippen molar-refractivity contribution in [3.63, 3.8) is 0 Å². The number of hydrogen-bond donors (Lipinski definition) is 2. The highest BCUT2D eigenvalue weighted by Crippen LogP contribution is 2.51. The number of fused-ring (bicyclic) bond motifs is 1. The minimum absolute atomic E-state index is 0.0404. The molecule has 16 heteroatoms. The zero-order chi connectivity index (χ0) is 43.6. The van der Waals surface area contributed by atoms with Gasteiger partial charge in [-0.05, 0) is 59.9 Å². The second kappa shape index (κ2) is 18.5. The van der Waals surface area contributed by atoms with Gasteiger partial charge in [0, 0.05) is 56.0 Å². The summed E-state index contributed by atoms with van der Waals surface area (Å²) >= 11 is 0. The molecule has 60 heavy (non-hydrogen) atoms. The van der Waals surface area contributed by atoms with E-state index in [2.05, 4.69) is 64.2 Å². The average molecular weight is 896 g/mol. The van der Waals surface area contributed by atoms with Crippen molar-refractivity contribution in [3.8, 4) is 5.75 Å². The van der Waals surface area contributed by atoms with Gasteiger partial charge >= 0.3 is 0 Å². The highest BCUT2D eigenvalue weighted by atomic mass is 32.2. The molecule has 0 saturated heterocycles. The molecular weight excluding hydrogens is 830 g/mol. The van der Waals surface area contributed by atoms with Gasteiger partial charge in [-0.15, -0.1) is 0 Å². The van der Waals surface area contributed by atoms with Crippen LogP contribution >= 0.6 is 0 Å². The van der Waals surface area contributed by atoms with Crippen LogP contribution in [0.2, 0.25) is 77.1 Å². The van der Waals surface area contributed by atoms with Crippen LogP contribution in [0.5, 0.6) is 5.75 Å². The fraction of sp³-hybridized carbons (Fsp3) is 0.523. The van der Waals surface area contributed by atoms with E-state index in [0.717, 1.165) is 29.0 Å². The average Bonchev–Trinajstić information content (AvgIpc) is 3.85. The summed E-state index contributed by atoms with van der Waals surface area (Å²) in [5.41, 5.74) is 3.78. The number of phenols is 1. The maximum atomic E-state index is 16.3. The summed E-state index contributed by atoms with van der Waals surface area (Å²) in [4.78, 5) is 2.12. The fourth-order valence-electron chi connectivity index (χ4n) is 7.69. The molecule has 11 nitrogen and oxygen atoms in total. The Kier molecular flexibility index (Phi) is 14.3. The second-order valence-corrected chi connectivity index (χ2v) is 38.4. The van der Waals surface area contributed by atoms with E-state index >= 15 is 12.8 Å². The van der Waals surface area contributed by atoms with Gasteiger partial charge in [0.2, 0.25) is 0 Å². The second-order valence-electron chi connectivity index (χ2n) is 19.7. The number of halogens is 1. The molecule has 3 heterocycles. The lowest BCUT2D eigenvalue weighted by Crippen LogP contribution is -2.42. The molecule has 2 atom stereocenters. The van der Waals surface area contributed by atoms with Crippen molar-refractivity contribution in [3.05, 3.63) is 100 Å². The smallest absolute Gasteiger partial charge is 0.266 e. The zero-order valence-electron chi connectivity index (χ0n) is 37.3. The number of aromatic nitrogens is 2. The number of aromatic hydroxyl groups is 1. The predicted octanol–water partition coefficient (Wildman–Crippen LogP) is 9.48. The van der Waals surface area contributed by atoms with Gasteiger partial charge in [-0.2, -0.15) is 5.10 Å². The predicted molar refractivity (Wildman–Crippen MR) is 246 cm³/mol. The van der Waals surface area contributed by atoms with Crippen LogP contribution in [0.1, 0.15) is 41.5 Å². The molecule has 0 spiro atoms. The number of ether oxygens (including phenoxy) is 3. The maximum Gasteiger partial charge on any atom is 0.266 e. The van der Waals surface area contributed by atoms with Gasteiger partial charge in [0.15, 0.2) is 6.17 Å². The van der Waals surface area contributed by atoms with Crippen molar-refractivity contribution < 1.29 is 32.1 Å². The first-order chi connectivity index (χ1) is 28.2. The number of nitrogens with one attached hydrogen (secondary N) is 1. The van der Waals surface area contributed by atoms with Crippen molar-refractivity contribution in [2.75, 3.05) is 33.1 Å². The molecule has 4 aromatic rings. The van der Waals surface area contributed by atoms with Crippen molar-refractivity contribution in [2.45, 2.75) is 121 Å². The topological polar surface area (TPSA) is 118 Å². The quantitative estimate of drug-likeness (QED) is 0.0661. The van der Waals surface area contributed by atoms with E-state index < -0.39 is 52.3 Å². The summed E-state index contributed by atoms with van der Waals surface area (Å²) in [6.45, 7) is 24.5. The Hall–Kier alpha value is -3.36. The molecule has 3 aromatic carbocycles. The Morgan fingerprint density at radius 3 is 2.02 bits per heavy atom. The number of phenolic OH excluding ortho intramolecular Hbond substituents is 1. The molecule has 2 aliphatic rings. The third-order valence-electron chi connectivity index (χ3n) is 11.2. The SMILES string of the molecule is CCc1c(C2NCC3=C2N(COCC[Si](C)(C)C)C(c2nn(COCC[Si](C)(C)C)c4ccccc24)N3S(=O)(=O)c2ccccc2)cc(F)c(COCC[Si](C)(C)C)c1O. The van der Waals surface area contributed by atoms with Crippen molar-refractivity contribution in [2.24, 2.45) is 0 Å². The van der Waals surface area contributed by atoms with Gasteiger partial charge in [0.25, 0.3) is 10.0 Å². The highest BCUT2D eigenvalue weighted by molar-refractivity contribution is 7.89. The van der Waals surface area contributed by atoms with Gasteiger partial charge in [-0.1, -0.05) is 102 Å². The first kappa shape index (κ1) is 46.2. The Morgan fingerprint density at radius 1 is 0.817 bits per heavy atom. The van der Waals surface area contributed by atoms with E-state index in [0.29, 0.717) is 54.5 Å². The van der Waals surface area contributed by atoms with Crippen LogP contribution in [0.15, 0.2) is 77.0 Å². The number of para-hydroxylation sites is 1. The number of sulfonamides is 1. The van der Waals surface area contributed by atoms with E-state index in [1.165, 1.54) is 10.4 Å². The number of hydrogen-bond acceptors (Lipinski definition) is 9. The number of benzene rings is 3. The summed E-state index contributed by atoms with van der Waals surface area (Å²) in [5.74, 6) is -0.694. The highest BCUT2D eigenvalue weighted by Gasteiger charge is 2.52. The van der Waals surface area contributed by atoms with Crippen molar-refractivity contribution >= 4 is 45.1 Å². The van der Waals surface area contributed by atoms with Crippen LogP contribution in [-0.4, -0.2) is 89.8 Å². The molecule has 2 aliphatic heterocycles. The molecule has 0 fully saturated rings. The largest absolute Gasteiger partial charge is 0.507 e. The van der Waals surface area contributed by atoms with Gasteiger partial charge in [0.1, 0.15) is 30.7 Å². The Morgan fingerprint density at radius 2 is 1.40 bits per heavy atom. The minimum Gasteiger partial charge on any atom is -0.507 e. The molecule has 0 radical (unpaired) electrons. The van der Waals surface area contributed by atoms with Crippen LogP contribution in [0.3, 0.4) is 0 Å². The monoisotopic (exact) mass is 895 g/mol. The number of nitrogens with zero attached hydrogens (tertiary/aromatic N) is 4. The summed E-state index contributed by atoms with van der Waals surface area (Å²) in [6.07, 6.45) is -0.536. The van der Waals surface area contributed by atoms with Crippen LogP contribution in [0, 0.1) is 5.82 Å². The van der Waals surface area contributed by atoms with Gasteiger partial charge in [-0.25, -0.2) is 21.8 Å². The third kappa shape index (κ3) is 10.5. The maximum absolute atomic E-state index is 16.3. The third-order valence-corrected chi connectivity index (χ3v) is 18.1. The first-order valence-electron chi connectivity index (χ1n) is 21.3. The zero-order valence-corrected chi connectivity index (χ0v) is 41.1. The lowest BCUT2D eigenvalue weighted by molar-refractivity contribution is 0.0154. The summed E-state index contributed by atoms with van der Waals surface area (Å²) in [7, 11) is -8.42. The van der Waals surface area contributed by atoms with Gasteiger partial charge < -0.3 is 24.2 Å². The molecule has 0 saturated carbocycles. The normalized spacial score (nSPS) is 17.7. The first-order valence-corrected chi connectivity index (χ1v) is 33.8. The molecule has 6 rings (SSSR count). The standard InChI is InChI=1S/C44H66FN5O6SSi3/c1-11-33-35(27-37(45)36(43(33)51)29-54-21-24-58(2,3)4)40-42-39(28-46-40)50(57(52,53)32-17-13-12-14-18-32)44(48(42)30-55-22-25-59(5,6)7)41-34-19-15-16-20-38(34)49(47-41)31-56-23-26-60(8,9)10/h12-20,27,40,44,46,51H,11,21-26,28-31H2,1-10H3. The van der Waals surface area contributed by atoms with Crippen LogP contribution < -0.4 is 5.32 Å². The van der Waals surface area contributed by atoms with Crippen LogP contribution in [0.4, 0.5) is 4.39 Å². The molecule has 2 unspecified atom stereocenters. The molecule has 0 aliphatic carbocycles. The number of rotatable bonds is 20. The summed E-state index contributed by atoms with van der Waals surface area (Å²) < 4.78 is 68.6. The van der Waals surface area contributed by atoms with Gasteiger partial charge in [0.05, 0.1) is 40.0 Å². The van der Waals surface area contributed by atoms with E-state index in [1.54, 1.807) is 30.3 Å². The molecule has 2 N–H and O–H groups in total. The van der Waals surface area contributed by atoms with Crippen LogP contribution in [0.25, 0.3) is 10.9 Å². The van der Waals surface area contributed by atoms with E-state index in [4.69, 9.17) is 19.3 Å². The van der Waals surface area contributed by atoms with E-state index in [1.807, 2.05) is 40.8 Å². The lowest BCUT2D eigenvalue weighted by atomic mass is 9.93. The fourth-order valence-corrected chi connectivity index (χ4v) is 11.6. The van der Waals surface area contributed by atoms with Gasteiger partial charge in [-0.3, -0.25) is 5.32 Å². The van der Waals surface area contributed by atoms with Crippen molar-refractivity contribution in [1.82, 2.24) is 24.3 Å². The Balaban J connectivity index is 1.49. The van der Waals surface area contributed by atoms with E-state index in [9.17, 15) is 5.11 Å².